The summed E-state index contributed by atoms with van der Waals surface area (Å²) >= 11 is 0. The second-order valence-electron chi connectivity index (χ2n) is 5.54. The van der Waals surface area contributed by atoms with E-state index >= 15 is 0 Å². The molecule has 1 aliphatic rings. The molecule has 1 aromatic carbocycles. The smallest absolute Gasteiger partial charge is 0.142 e. The predicted octanol–water partition coefficient (Wildman–Crippen LogP) is 4.08. The lowest BCUT2D eigenvalue weighted by Gasteiger charge is -2.23. The molecule has 0 bridgehead atoms. The van der Waals surface area contributed by atoms with E-state index in [0.717, 1.165) is 17.2 Å². The number of hydrogen-bond donors (Lipinski definition) is 1. The largest absolute Gasteiger partial charge is 0.494 e. The third-order valence-electron chi connectivity index (χ3n) is 4.02. The molecule has 0 aromatic heterocycles. The molecule has 3 nitrogen and oxygen atoms in total. The van der Waals surface area contributed by atoms with Crippen LogP contribution in [0.1, 0.15) is 40.5 Å². The third-order valence-corrected chi connectivity index (χ3v) is 4.02. The number of rotatable bonds is 7. The first-order valence-electron chi connectivity index (χ1n) is 7.25. The Bertz CT molecular complexity index is 427. The van der Waals surface area contributed by atoms with Gasteiger partial charge in [-0.25, -0.2) is 0 Å². The van der Waals surface area contributed by atoms with Crippen LogP contribution in [0, 0.1) is 5.41 Å². The number of ether oxygens (including phenoxy) is 2. The highest BCUT2D eigenvalue weighted by molar-refractivity contribution is 5.60. The standard InChI is InChI=1S/C16H25NO2/c1-5-18-13-7-8-15(19-6-2)14(11-13)17-12(3)16(4)9-10-16/h7-8,11-12,17H,5-6,9-10H2,1-4H3. The molecule has 1 saturated carbocycles. The summed E-state index contributed by atoms with van der Waals surface area (Å²) in [5.41, 5.74) is 1.47. The van der Waals surface area contributed by atoms with Gasteiger partial charge in [0.15, 0.2) is 0 Å². The third kappa shape index (κ3) is 3.34. The highest BCUT2D eigenvalue weighted by Crippen LogP contribution is 2.49. The Hall–Kier alpha value is -1.38. The van der Waals surface area contributed by atoms with Crippen LogP contribution in [0.4, 0.5) is 5.69 Å². The quantitative estimate of drug-likeness (QED) is 0.804. The fourth-order valence-corrected chi connectivity index (χ4v) is 2.20. The summed E-state index contributed by atoms with van der Waals surface area (Å²) < 4.78 is 11.3. The molecule has 1 unspecified atom stereocenters. The summed E-state index contributed by atoms with van der Waals surface area (Å²) in [5.74, 6) is 1.80. The van der Waals surface area contributed by atoms with E-state index in [1.165, 1.54) is 12.8 Å². The zero-order valence-electron chi connectivity index (χ0n) is 12.5. The molecule has 3 heteroatoms. The van der Waals surface area contributed by atoms with Crippen molar-refractivity contribution in [1.82, 2.24) is 0 Å². The molecular weight excluding hydrogens is 238 g/mol. The Kier molecular flexibility index (Phi) is 4.23. The minimum atomic E-state index is 0.436. The SMILES string of the molecule is CCOc1ccc(OCC)c(NC(C)C2(C)CC2)c1. The minimum Gasteiger partial charge on any atom is -0.494 e. The van der Waals surface area contributed by atoms with Gasteiger partial charge in [-0.3, -0.25) is 0 Å². The zero-order valence-corrected chi connectivity index (χ0v) is 12.5. The maximum absolute atomic E-state index is 5.69. The van der Waals surface area contributed by atoms with E-state index in [9.17, 15) is 0 Å². The number of benzene rings is 1. The van der Waals surface area contributed by atoms with Crippen LogP contribution >= 0.6 is 0 Å². The number of anilines is 1. The maximum atomic E-state index is 5.69. The van der Waals surface area contributed by atoms with E-state index in [0.29, 0.717) is 24.7 Å². The van der Waals surface area contributed by atoms with Crippen LogP contribution in [0.3, 0.4) is 0 Å². The maximum Gasteiger partial charge on any atom is 0.142 e. The van der Waals surface area contributed by atoms with Crippen LogP contribution < -0.4 is 14.8 Å². The Balaban J connectivity index is 2.16. The monoisotopic (exact) mass is 263 g/mol. The second kappa shape index (κ2) is 5.72. The Morgan fingerprint density at radius 3 is 2.47 bits per heavy atom. The van der Waals surface area contributed by atoms with Gasteiger partial charge in [-0.1, -0.05) is 6.92 Å². The fraction of sp³-hybridized carbons (Fsp3) is 0.625. The van der Waals surface area contributed by atoms with Crippen molar-refractivity contribution in [3.63, 3.8) is 0 Å². The van der Waals surface area contributed by atoms with Gasteiger partial charge in [0.25, 0.3) is 0 Å². The van der Waals surface area contributed by atoms with Gasteiger partial charge in [-0.2, -0.15) is 0 Å². The number of hydrogen-bond acceptors (Lipinski definition) is 3. The average Bonchev–Trinajstić information content (AvgIpc) is 3.12. The van der Waals surface area contributed by atoms with E-state index in [4.69, 9.17) is 9.47 Å². The van der Waals surface area contributed by atoms with E-state index in [1.54, 1.807) is 0 Å². The van der Waals surface area contributed by atoms with E-state index < -0.39 is 0 Å². The minimum absolute atomic E-state index is 0.436. The molecule has 1 N–H and O–H groups in total. The van der Waals surface area contributed by atoms with Crippen molar-refractivity contribution >= 4 is 5.69 Å². The molecule has 0 saturated heterocycles. The average molecular weight is 263 g/mol. The van der Waals surface area contributed by atoms with Gasteiger partial charge in [0.1, 0.15) is 11.5 Å². The molecule has 106 valence electrons. The van der Waals surface area contributed by atoms with Gasteiger partial charge >= 0.3 is 0 Å². The summed E-state index contributed by atoms with van der Waals surface area (Å²) in [6, 6.07) is 6.43. The van der Waals surface area contributed by atoms with Crippen LogP contribution in [0.5, 0.6) is 11.5 Å². The van der Waals surface area contributed by atoms with Crippen molar-refractivity contribution in [3.05, 3.63) is 18.2 Å². The molecule has 0 aliphatic heterocycles. The molecule has 1 aliphatic carbocycles. The van der Waals surface area contributed by atoms with Crippen molar-refractivity contribution < 1.29 is 9.47 Å². The van der Waals surface area contributed by atoms with Gasteiger partial charge in [0.2, 0.25) is 0 Å². The molecule has 1 aromatic rings. The van der Waals surface area contributed by atoms with E-state index in [-0.39, 0.29) is 0 Å². The fourth-order valence-electron chi connectivity index (χ4n) is 2.20. The Labute approximate surface area is 116 Å². The van der Waals surface area contributed by atoms with E-state index in [2.05, 4.69) is 19.2 Å². The van der Waals surface area contributed by atoms with Crippen molar-refractivity contribution in [2.45, 2.75) is 46.6 Å². The molecule has 2 rings (SSSR count). The summed E-state index contributed by atoms with van der Waals surface area (Å²) in [5, 5.41) is 3.59. The molecule has 1 atom stereocenters. The lowest BCUT2D eigenvalue weighted by Crippen LogP contribution is -2.25. The van der Waals surface area contributed by atoms with E-state index in [1.807, 2.05) is 32.0 Å². The Morgan fingerprint density at radius 1 is 1.21 bits per heavy atom. The van der Waals surface area contributed by atoms with Gasteiger partial charge in [0.05, 0.1) is 18.9 Å². The van der Waals surface area contributed by atoms with Crippen LogP contribution in [0.25, 0.3) is 0 Å². The van der Waals surface area contributed by atoms with Crippen molar-refractivity contribution in [3.8, 4) is 11.5 Å². The topological polar surface area (TPSA) is 30.5 Å². The summed E-state index contributed by atoms with van der Waals surface area (Å²) in [6.07, 6.45) is 2.60. The van der Waals surface area contributed by atoms with Crippen LogP contribution in [0.15, 0.2) is 18.2 Å². The lowest BCUT2D eigenvalue weighted by molar-refractivity contribution is 0.331. The Morgan fingerprint density at radius 2 is 1.89 bits per heavy atom. The molecule has 19 heavy (non-hydrogen) atoms. The molecule has 0 heterocycles. The van der Waals surface area contributed by atoms with Crippen molar-refractivity contribution in [2.75, 3.05) is 18.5 Å². The van der Waals surface area contributed by atoms with Crippen LogP contribution in [-0.2, 0) is 0 Å². The lowest BCUT2D eigenvalue weighted by atomic mass is 10.0. The van der Waals surface area contributed by atoms with Gasteiger partial charge in [0, 0.05) is 12.1 Å². The van der Waals surface area contributed by atoms with Crippen LogP contribution in [-0.4, -0.2) is 19.3 Å². The highest BCUT2D eigenvalue weighted by atomic mass is 16.5. The molecule has 0 spiro atoms. The van der Waals surface area contributed by atoms with Crippen molar-refractivity contribution in [2.24, 2.45) is 5.41 Å². The molecule has 0 radical (unpaired) electrons. The zero-order chi connectivity index (χ0) is 13.9. The van der Waals surface area contributed by atoms with Gasteiger partial charge in [-0.15, -0.1) is 0 Å². The molecule has 0 amide bonds. The van der Waals surface area contributed by atoms with Gasteiger partial charge in [-0.05, 0) is 51.2 Å². The summed E-state index contributed by atoms with van der Waals surface area (Å²) in [4.78, 5) is 0. The number of nitrogens with one attached hydrogen (secondary N) is 1. The highest BCUT2D eigenvalue weighted by Gasteiger charge is 2.42. The predicted molar refractivity (Wildman–Crippen MR) is 79.2 cm³/mol. The normalized spacial score (nSPS) is 17.7. The molecular formula is C16H25NO2. The van der Waals surface area contributed by atoms with Crippen LogP contribution in [0.2, 0.25) is 0 Å². The van der Waals surface area contributed by atoms with Crippen molar-refractivity contribution in [1.29, 1.82) is 0 Å². The first-order valence-corrected chi connectivity index (χ1v) is 7.25. The van der Waals surface area contributed by atoms with Gasteiger partial charge < -0.3 is 14.8 Å². The summed E-state index contributed by atoms with van der Waals surface area (Å²) in [7, 11) is 0. The second-order valence-corrected chi connectivity index (χ2v) is 5.54. The summed E-state index contributed by atoms with van der Waals surface area (Å²) in [6.45, 7) is 9.94. The molecule has 1 fully saturated rings. The first-order chi connectivity index (χ1) is 9.09. The first kappa shape index (κ1) is 14.0.